The number of carbonyl (C=O) groups is 2. The minimum Gasteiger partial charge on any atom is -0.354 e. The lowest BCUT2D eigenvalue weighted by atomic mass is 9.92. The minimum absolute atomic E-state index is 0.0910. The fourth-order valence-electron chi connectivity index (χ4n) is 6.67. The topological polar surface area (TPSA) is 79.3 Å². The van der Waals surface area contributed by atoms with Crippen molar-refractivity contribution in [2.75, 3.05) is 26.2 Å². The highest BCUT2D eigenvalue weighted by Gasteiger charge is 2.24. The smallest absolute Gasteiger partial charge is 0.252 e. The highest BCUT2D eigenvalue weighted by atomic mass is 32.1. The van der Waals surface area contributed by atoms with Crippen molar-refractivity contribution in [3.63, 3.8) is 0 Å². The number of fused-ring (bicyclic) bond motifs is 1. The normalized spacial score (nSPS) is 18.4. The van der Waals surface area contributed by atoms with Gasteiger partial charge in [0.05, 0.1) is 11.0 Å². The summed E-state index contributed by atoms with van der Waals surface area (Å²) in [5.41, 5.74) is 2.43. The van der Waals surface area contributed by atoms with Gasteiger partial charge < -0.3 is 20.1 Å². The molecule has 0 bridgehead atoms. The minimum atomic E-state index is -0.558. The van der Waals surface area contributed by atoms with Crippen LogP contribution in [0.4, 0.5) is 0 Å². The van der Waals surface area contributed by atoms with Crippen molar-refractivity contribution >= 4 is 34.2 Å². The molecule has 1 aromatic carbocycles. The van der Waals surface area contributed by atoms with Crippen molar-refractivity contribution in [2.45, 2.75) is 98.6 Å². The Labute approximate surface area is 262 Å². The standard InChI is InChI=1S/C35H53N5O2S/c1-7-28(8-2)40-32-15-13-27(20-31(32)37-33(40)21-29-11-9-18-43-29)34(41)38-30(14-12-24(3)4)35(42)36-16-10-17-39-22-25(5)19-26(6)23-39/h9,11,13,15,18,20,24-26,28,30H,7-8,10,12,14,16-17,19,21-23H2,1-6H3,(H,36,42)(H,38,41). The summed E-state index contributed by atoms with van der Waals surface area (Å²) in [7, 11) is 0. The van der Waals surface area contributed by atoms with Crippen LogP contribution in [0.15, 0.2) is 35.7 Å². The number of nitrogens with one attached hydrogen (secondary N) is 2. The van der Waals surface area contributed by atoms with Gasteiger partial charge in [0.1, 0.15) is 11.9 Å². The van der Waals surface area contributed by atoms with E-state index in [1.807, 2.05) is 18.2 Å². The molecule has 236 valence electrons. The van der Waals surface area contributed by atoms with Gasteiger partial charge in [0.2, 0.25) is 5.91 Å². The molecule has 1 aliphatic heterocycles. The molecule has 3 atom stereocenters. The Morgan fingerprint density at radius 1 is 1.07 bits per heavy atom. The van der Waals surface area contributed by atoms with E-state index < -0.39 is 6.04 Å². The predicted molar refractivity (Wildman–Crippen MR) is 179 cm³/mol. The zero-order valence-electron chi connectivity index (χ0n) is 27.2. The second-order valence-corrected chi connectivity index (χ2v) is 14.2. The molecule has 3 unspecified atom stereocenters. The summed E-state index contributed by atoms with van der Waals surface area (Å²) in [4.78, 5) is 35.6. The molecule has 0 aliphatic carbocycles. The molecule has 43 heavy (non-hydrogen) atoms. The summed E-state index contributed by atoms with van der Waals surface area (Å²) in [6.45, 7) is 17.3. The number of hydrogen-bond donors (Lipinski definition) is 2. The first kappa shape index (κ1) is 33.2. The number of piperidine rings is 1. The van der Waals surface area contributed by atoms with Gasteiger partial charge in [-0.2, -0.15) is 0 Å². The van der Waals surface area contributed by atoms with Gasteiger partial charge in [0, 0.05) is 42.5 Å². The molecular weight excluding hydrogens is 554 g/mol. The molecule has 4 rings (SSSR count). The van der Waals surface area contributed by atoms with Gasteiger partial charge in [0.15, 0.2) is 0 Å². The van der Waals surface area contributed by atoms with E-state index in [1.54, 1.807) is 11.3 Å². The van der Waals surface area contributed by atoms with Crippen LogP contribution in [0.5, 0.6) is 0 Å². The summed E-state index contributed by atoms with van der Waals surface area (Å²) >= 11 is 1.74. The largest absolute Gasteiger partial charge is 0.354 e. The Balaban J connectivity index is 1.44. The fourth-order valence-corrected chi connectivity index (χ4v) is 7.37. The van der Waals surface area contributed by atoms with Crippen LogP contribution in [0.1, 0.15) is 107 Å². The van der Waals surface area contributed by atoms with Gasteiger partial charge in [0.25, 0.3) is 5.91 Å². The Hall–Kier alpha value is -2.71. The Morgan fingerprint density at radius 2 is 1.81 bits per heavy atom. The van der Waals surface area contributed by atoms with Crippen LogP contribution >= 0.6 is 11.3 Å². The average molecular weight is 608 g/mol. The fraction of sp³-hybridized carbons (Fsp3) is 0.629. The number of thiophene rings is 1. The van der Waals surface area contributed by atoms with Crippen LogP contribution in [0.3, 0.4) is 0 Å². The van der Waals surface area contributed by atoms with Crippen molar-refractivity contribution in [2.24, 2.45) is 17.8 Å². The van der Waals surface area contributed by atoms with Gasteiger partial charge in [-0.15, -0.1) is 11.3 Å². The molecule has 1 fully saturated rings. The van der Waals surface area contributed by atoms with Crippen molar-refractivity contribution in [3.05, 3.63) is 52.0 Å². The van der Waals surface area contributed by atoms with Gasteiger partial charge in [-0.3, -0.25) is 9.59 Å². The quantitative estimate of drug-likeness (QED) is 0.181. The zero-order valence-corrected chi connectivity index (χ0v) is 28.0. The number of likely N-dealkylation sites (tertiary alicyclic amines) is 1. The van der Waals surface area contributed by atoms with Crippen LogP contribution in [0.25, 0.3) is 11.0 Å². The van der Waals surface area contributed by atoms with Gasteiger partial charge in [-0.1, -0.05) is 47.6 Å². The van der Waals surface area contributed by atoms with Gasteiger partial charge in [-0.05, 0) is 92.5 Å². The Kier molecular flexibility index (Phi) is 12.2. The summed E-state index contributed by atoms with van der Waals surface area (Å²) in [6.07, 6.45) is 6.51. The first-order chi connectivity index (χ1) is 20.7. The zero-order chi connectivity index (χ0) is 30.9. The Bertz CT molecular complexity index is 1300. The number of carbonyl (C=O) groups excluding carboxylic acids is 2. The Morgan fingerprint density at radius 3 is 2.47 bits per heavy atom. The third-order valence-corrected chi connectivity index (χ3v) is 9.67. The summed E-state index contributed by atoms with van der Waals surface area (Å²) in [5, 5.41) is 8.28. The van der Waals surface area contributed by atoms with E-state index in [9.17, 15) is 9.59 Å². The van der Waals surface area contributed by atoms with Gasteiger partial charge in [-0.25, -0.2) is 4.98 Å². The van der Waals surface area contributed by atoms with Crippen molar-refractivity contribution < 1.29 is 9.59 Å². The average Bonchev–Trinajstić information content (AvgIpc) is 3.61. The molecule has 2 amide bonds. The van der Waals surface area contributed by atoms with Crippen LogP contribution in [0, 0.1) is 17.8 Å². The number of hydrogen-bond acceptors (Lipinski definition) is 5. The summed E-state index contributed by atoms with van der Waals surface area (Å²) in [6, 6.07) is 9.82. The molecular formula is C35H53N5O2S. The molecule has 2 aromatic heterocycles. The number of aromatic nitrogens is 2. The van der Waals surface area contributed by atoms with E-state index in [4.69, 9.17) is 4.98 Å². The molecule has 0 radical (unpaired) electrons. The number of benzene rings is 1. The van der Waals surface area contributed by atoms with Gasteiger partial charge >= 0.3 is 0 Å². The lowest BCUT2D eigenvalue weighted by Gasteiger charge is -2.35. The number of imidazole rings is 1. The lowest BCUT2D eigenvalue weighted by molar-refractivity contribution is -0.123. The van der Waals surface area contributed by atoms with Crippen molar-refractivity contribution in [1.82, 2.24) is 25.1 Å². The van der Waals surface area contributed by atoms with E-state index >= 15 is 0 Å². The second kappa shape index (κ2) is 15.8. The first-order valence-electron chi connectivity index (χ1n) is 16.5. The monoisotopic (exact) mass is 607 g/mol. The maximum Gasteiger partial charge on any atom is 0.252 e. The maximum absolute atomic E-state index is 13.5. The number of nitrogens with zero attached hydrogens (tertiary/aromatic N) is 3. The van der Waals surface area contributed by atoms with E-state index in [0.29, 0.717) is 30.5 Å². The molecule has 1 saturated heterocycles. The van der Waals surface area contributed by atoms with Crippen LogP contribution in [-0.2, 0) is 11.2 Å². The third-order valence-electron chi connectivity index (χ3n) is 8.79. The van der Waals surface area contributed by atoms with E-state index in [0.717, 1.165) is 80.4 Å². The van der Waals surface area contributed by atoms with Crippen molar-refractivity contribution in [3.8, 4) is 0 Å². The number of rotatable bonds is 15. The molecule has 0 spiro atoms. The molecule has 1 aliphatic rings. The van der Waals surface area contributed by atoms with Crippen LogP contribution in [0.2, 0.25) is 0 Å². The van der Waals surface area contributed by atoms with E-state index in [1.165, 1.54) is 11.3 Å². The molecule has 7 nitrogen and oxygen atoms in total. The highest BCUT2D eigenvalue weighted by molar-refractivity contribution is 7.09. The molecule has 2 N–H and O–H groups in total. The predicted octanol–water partition coefficient (Wildman–Crippen LogP) is 7.07. The lowest BCUT2D eigenvalue weighted by Crippen LogP contribution is -2.47. The maximum atomic E-state index is 13.5. The van der Waals surface area contributed by atoms with Crippen LogP contribution < -0.4 is 10.6 Å². The highest BCUT2D eigenvalue weighted by Crippen LogP contribution is 2.28. The third kappa shape index (κ3) is 9.15. The SMILES string of the molecule is CCC(CC)n1c(Cc2cccs2)nc2cc(C(=O)NC(CCC(C)C)C(=O)NCCCN3CC(C)CC(C)C3)ccc21. The summed E-state index contributed by atoms with van der Waals surface area (Å²) in [5.74, 6) is 2.63. The van der Waals surface area contributed by atoms with E-state index in [2.05, 4.69) is 79.2 Å². The number of amides is 2. The molecule has 8 heteroatoms. The second-order valence-electron chi connectivity index (χ2n) is 13.2. The molecule has 3 aromatic rings. The first-order valence-corrected chi connectivity index (χ1v) is 17.4. The summed E-state index contributed by atoms with van der Waals surface area (Å²) < 4.78 is 2.36. The van der Waals surface area contributed by atoms with Crippen molar-refractivity contribution in [1.29, 1.82) is 0 Å². The molecule has 0 saturated carbocycles. The van der Waals surface area contributed by atoms with Crippen LogP contribution in [-0.4, -0.2) is 58.5 Å². The molecule has 3 heterocycles. The van der Waals surface area contributed by atoms with E-state index in [-0.39, 0.29) is 11.8 Å².